The zero-order valence-corrected chi connectivity index (χ0v) is 24.2. The lowest BCUT2D eigenvalue weighted by Crippen LogP contribution is -2.35. The van der Waals surface area contributed by atoms with Crippen LogP contribution in [0.4, 0.5) is 11.4 Å². The van der Waals surface area contributed by atoms with Crippen molar-refractivity contribution >= 4 is 44.8 Å². The number of nitrogens with one attached hydrogen (secondary N) is 1. The van der Waals surface area contributed by atoms with Gasteiger partial charge in [0, 0.05) is 12.0 Å². The number of carbonyl (C=O) groups excluding carboxylic acids is 3. The summed E-state index contributed by atoms with van der Waals surface area (Å²) in [6.07, 6.45) is 0.204. The monoisotopic (exact) mass is 558 g/mol. The van der Waals surface area contributed by atoms with Gasteiger partial charge >= 0.3 is 11.9 Å². The second-order valence-electron chi connectivity index (χ2n) is 11.0. The van der Waals surface area contributed by atoms with Gasteiger partial charge in [-0.25, -0.2) is 13.2 Å². The van der Waals surface area contributed by atoms with E-state index in [-0.39, 0.29) is 34.0 Å². The Balaban J connectivity index is 2.10. The first-order chi connectivity index (χ1) is 18.0. The number of nitrogens with zero attached hydrogens (tertiary/aromatic N) is 1. The fourth-order valence-corrected chi connectivity index (χ4v) is 4.46. The summed E-state index contributed by atoms with van der Waals surface area (Å²) in [4.78, 5) is 44.4. The number of esters is 1. The fraction of sp³-hybridized carbons (Fsp3) is 0.393. The molecule has 0 saturated heterocycles. The molecule has 0 fully saturated rings. The maximum atomic E-state index is 13.6. The Hall–Kier alpha value is -3.86. The lowest BCUT2D eigenvalue weighted by molar-refractivity contribution is -0.157. The van der Waals surface area contributed by atoms with Crippen LogP contribution in [0.2, 0.25) is 0 Å². The van der Waals surface area contributed by atoms with Gasteiger partial charge in [-0.1, -0.05) is 6.92 Å². The van der Waals surface area contributed by atoms with Gasteiger partial charge in [0.25, 0.3) is 15.9 Å². The van der Waals surface area contributed by atoms with E-state index in [2.05, 4.69) is 4.72 Å². The molecule has 0 bridgehead atoms. The molecule has 1 amide bonds. The van der Waals surface area contributed by atoms with Crippen molar-refractivity contribution in [3.05, 3.63) is 53.8 Å². The molecule has 2 aromatic rings. The molecule has 1 aliphatic rings. The van der Waals surface area contributed by atoms with Crippen molar-refractivity contribution in [2.45, 2.75) is 59.8 Å². The van der Waals surface area contributed by atoms with Crippen molar-refractivity contribution in [2.24, 2.45) is 10.8 Å². The van der Waals surface area contributed by atoms with Crippen molar-refractivity contribution in [3.63, 3.8) is 0 Å². The summed E-state index contributed by atoms with van der Waals surface area (Å²) in [5.41, 5.74) is -1.13. The number of fused-ring (bicyclic) bond motifs is 1. The van der Waals surface area contributed by atoms with E-state index in [1.165, 1.54) is 49.6 Å². The summed E-state index contributed by atoms with van der Waals surface area (Å²) in [5, 5.41) is 0.810. The molecule has 11 heteroatoms. The van der Waals surface area contributed by atoms with Crippen LogP contribution in [0.25, 0.3) is 5.57 Å². The van der Waals surface area contributed by atoms with Crippen molar-refractivity contribution < 1.29 is 37.1 Å². The Kier molecular flexibility index (Phi) is 8.16. The molecule has 0 atom stereocenters. The molecule has 0 aliphatic carbocycles. The lowest BCUT2D eigenvalue weighted by atomic mass is 9.97. The highest BCUT2D eigenvalue weighted by atomic mass is 32.2. The minimum atomic E-state index is -4.00. The molecule has 0 spiro atoms. The van der Waals surface area contributed by atoms with Gasteiger partial charge in [0.2, 0.25) is 0 Å². The number of hydrogen-bond acceptors (Lipinski definition) is 8. The van der Waals surface area contributed by atoms with Crippen LogP contribution in [0.3, 0.4) is 0 Å². The summed E-state index contributed by atoms with van der Waals surface area (Å²) in [7, 11) is -2.52. The Morgan fingerprint density at radius 3 is 2.03 bits per heavy atom. The van der Waals surface area contributed by atoms with Crippen LogP contribution in [0, 0.1) is 10.8 Å². The average molecular weight is 559 g/mol. The number of methoxy groups -OCH3 is 1. The van der Waals surface area contributed by atoms with Crippen molar-refractivity contribution in [1.29, 1.82) is 0 Å². The molecule has 2 aromatic carbocycles. The largest absolute Gasteiger partial charge is 0.497 e. The number of hydrogen-bond donors (Lipinski definition) is 1. The smallest absolute Gasteiger partial charge is 0.338 e. The second kappa shape index (κ2) is 10.7. The number of ether oxygens (including phenoxy) is 2. The van der Waals surface area contributed by atoms with Gasteiger partial charge in [-0.2, -0.15) is 0 Å². The molecular formula is C28H34N2O8S. The van der Waals surface area contributed by atoms with Gasteiger partial charge < -0.3 is 14.3 Å². The Bertz CT molecular complexity index is 1430. The molecule has 0 saturated carbocycles. The number of sulfonamides is 1. The van der Waals surface area contributed by atoms with Gasteiger partial charge in [-0.3, -0.25) is 14.3 Å². The highest BCUT2D eigenvalue weighted by Crippen LogP contribution is 2.42. The Labute approximate surface area is 228 Å². The molecule has 0 unspecified atom stereocenters. The number of anilines is 2. The average Bonchev–Trinajstić information content (AvgIpc) is 3.11. The van der Waals surface area contributed by atoms with Crippen LogP contribution in [0.15, 0.2) is 53.1 Å². The SMILES string of the molecule is CC/C(OC(=O)C(C)(C)C)=C1/C(=O)N(OC(=O)C(C)(C)C)c2cc(NS(=O)(=O)c3ccc(OC)cc3)ccc21. The normalized spacial score (nSPS) is 15.0. The molecule has 1 heterocycles. The van der Waals surface area contributed by atoms with E-state index in [0.717, 1.165) is 5.06 Å². The molecule has 210 valence electrons. The van der Waals surface area contributed by atoms with Gasteiger partial charge in [0.1, 0.15) is 11.5 Å². The van der Waals surface area contributed by atoms with Crippen LogP contribution >= 0.6 is 0 Å². The van der Waals surface area contributed by atoms with Gasteiger partial charge in [0.05, 0.1) is 39.8 Å². The van der Waals surface area contributed by atoms with E-state index in [9.17, 15) is 22.8 Å². The van der Waals surface area contributed by atoms with Crippen LogP contribution in [-0.4, -0.2) is 33.4 Å². The second-order valence-corrected chi connectivity index (χ2v) is 12.7. The zero-order chi connectivity index (χ0) is 29.3. The molecular weight excluding hydrogens is 524 g/mol. The minimum Gasteiger partial charge on any atom is -0.497 e. The maximum absolute atomic E-state index is 13.6. The first-order valence-corrected chi connectivity index (χ1v) is 13.8. The summed E-state index contributed by atoms with van der Waals surface area (Å²) in [6, 6.07) is 10.2. The lowest BCUT2D eigenvalue weighted by Gasteiger charge is -2.22. The van der Waals surface area contributed by atoms with Crippen molar-refractivity contribution in [1.82, 2.24) is 0 Å². The molecule has 3 rings (SSSR count). The molecule has 1 N–H and O–H groups in total. The number of rotatable bonds is 7. The molecule has 0 radical (unpaired) electrons. The first kappa shape index (κ1) is 29.7. The van der Waals surface area contributed by atoms with E-state index < -0.39 is 38.7 Å². The van der Waals surface area contributed by atoms with E-state index in [0.29, 0.717) is 11.3 Å². The van der Waals surface area contributed by atoms with E-state index in [1.807, 2.05) is 0 Å². The number of allylic oxidation sites excluding steroid dienone is 1. The van der Waals surface area contributed by atoms with Gasteiger partial charge in [-0.05, 0) is 84.0 Å². The third-order valence-corrected chi connectivity index (χ3v) is 7.12. The maximum Gasteiger partial charge on any atom is 0.338 e. The highest BCUT2D eigenvalue weighted by molar-refractivity contribution is 7.92. The van der Waals surface area contributed by atoms with Gasteiger partial charge in [-0.15, -0.1) is 5.06 Å². The van der Waals surface area contributed by atoms with Crippen LogP contribution in [-0.2, 0) is 34.0 Å². The number of benzene rings is 2. The predicted octanol–water partition coefficient (Wildman–Crippen LogP) is 5.06. The third-order valence-electron chi connectivity index (χ3n) is 5.72. The van der Waals surface area contributed by atoms with E-state index in [4.69, 9.17) is 14.3 Å². The Morgan fingerprint density at radius 1 is 0.923 bits per heavy atom. The Morgan fingerprint density at radius 2 is 1.51 bits per heavy atom. The van der Waals surface area contributed by atoms with Crippen LogP contribution in [0.1, 0.15) is 60.5 Å². The standard InChI is InChI=1S/C28H34N2O8S/c1-9-22(37-25(32)27(2,3)4)23-20-15-10-17(29-39(34,35)19-13-11-18(36-8)12-14-19)16-21(20)30(24(23)31)38-26(33)28(5,6)7/h10-16,29H,9H2,1-8H3/b23-22-. The number of amides is 1. The van der Waals surface area contributed by atoms with E-state index in [1.54, 1.807) is 48.5 Å². The summed E-state index contributed by atoms with van der Waals surface area (Å²) < 4.78 is 39.2. The minimum absolute atomic E-state index is 0.00108. The highest BCUT2D eigenvalue weighted by Gasteiger charge is 2.41. The third kappa shape index (κ3) is 6.42. The van der Waals surface area contributed by atoms with Crippen molar-refractivity contribution in [2.75, 3.05) is 16.9 Å². The van der Waals surface area contributed by atoms with Crippen LogP contribution in [0.5, 0.6) is 5.75 Å². The molecule has 10 nitrogen and oxygen atoms in total. The van der Waals surface area contributed by atoms with Crippen LogP contribution < -0.4 is 14.5 Å². The number of hydroxylamine groups is 1. The number of carbonyl (C=O) groups is 3. The summed E-state index contributed by atoms with van der Waals surface area (Å²) >= 11 is 0. The first-order valence-electron chi connectivity index (χ1n) is 12.3. The fourth-order valence-electron chi connectivity index (χ4n) is 3.41. The molecule has 39 heavy (non-hydrogen) atoms. The van der Waals surface area contributed by atoms with Crippen molar-refractivity contribution in [3.8, 4) is 5.75 Å². The van der Waals surface area contributed by atoms with Gasteiger partial charge in [0.15, 0.2) is 0 Å². The predicted molar refractivity (Wildman–Crippen MR) is 146 cm³/mol. The summed E-state index contributed by atoms with van der Waals surface area (Å²) in [5.74, 6) is -1.31. The molecule has 0 aromatic heterocycles. The molecule has 1 aliphatic heterocycles. The topological polar surface area (TPSA) is 128 Å². The summed E-state index contributed by atoms with van der Waals surface area (Å²) in [6.45, 7) is 11.7. The quantitative estimate of drug-likeness (QED) is 0.284. The van der Waals surface area contributed by atoms with E-state index >= 15 is 0 Å². The zero-order valence-electron chi connectivity index (χ0n) is 23.4.